The summed E-state index contributed by atoms with van der Waals surface area (Å²) >= 11 is 0. The number of unbranched alkanes of at least 4 members (excludes halogenated alkanes) is 17. The van der Waals surface area contributed by atoms with Crippen LogP contribution in [0.15, 0.2) is 109 Å². The molecule has 5 heteroatoms. The monoisotopic (exact) mass is 859 g/mol. The Bertz CT molecular complexity index is 1250. The molecule has 5 nitrogen and oxygen atoms in total. The number of hydrogen-bond acceptors (Lipinski definition) is 5. The van der Waals surface area contributed by atoms with Gasteiger partial charge in [0, 0.05) is 13.0 Å². The number of rotatable bonds is 45. The van der Waals surface area contributed by atoms with E-state index in [9.17, 15) is 9.59 Å². The molecular formula is C57H94O5. The first-order valence-corrected chi connectivity index (χ1v) is 25.4. The second-order valence-electron chi connectivity index (χ2n) is 16.3. The van der Waals surface area contributed by atoms with Gasteiger partial charge in [-0.1, -0.05) is 207 Å². The fourth-order valence-corrected chi connectivity index (χ4v) is 6.53. The fraction of sp³-hybridized carbons (Fsp3) is 0.649. The van der Waals surface area contributed by atoms with E-state index in [1.165, 1.54) is 89.9 Å². The highest BCUT2D eigenvalue weighted by atomic mass is 16.6. The summed E-state index contributed by atoms with van der Waals surface area (Å²) in [5.74, 6) is -0.569. The van der Waals surface area contributed by atoms with Crippen LogP contribution in [-0.4, -0.2) is 37.9 Å². The van der Waals surface area contributed by atoms with Crippen LogP contribution >= 0.6 is 0 Å². The van der Waals surface area contributed by atoms with Crippen LogP contribution in [0, 0.1) is 0 Å². The van der Waals surface area contributed by atoms with Gasteiger partial charge in [0.2, 0.25) is 0 Å². The highest BCUT2D eigenvalue weighted by Gasteiger charge is 2.17. The molecule has 0 saturated carbocycles. The molecule has 0 aliphatic rings. The Kier molecular flexibility index (Phi) is 49.0. The number of hydrogen-bond donors (Lipinski definition) is 0. The molecule has 1 unspecified atom stereocenters. The summed E-state index contributed by atoms with van der Waals surface area (Å²) < 4.78 is 17.3. The molecule has 0 aromatic heterocycles. The van der Waals surface area contributed by atoms with Gasteiger partial charge in [-0.05, 0) is 103 Å². The molecule has 0 heterocycles. The minimum Gasteiger partial charge on any atom is -0.461 e. The molecule has 0 aromatic rings. The average Bonchev–Trinajstić information content (AvgIpc) is 3.27. The molecular weight excluding hydrogens is 765 g/mol. The number of carbonyl (C=O) groups is 2. The van der Waals surface area contributed by atoms with E-state index in [-0.39, 0.29) is 31.6 Å². The number of ether oxygens (including phenoxy) is 3. The molecule has 0 fully saturated rings. The lowest BCUT2D eigenvalue weighted by Crippen LogP contribution is -2.30. The molecule has 352 valence electrons. The molecule has 0 aromatic carbocycles. The topological polar surface area (TPSA) is 61.8 Å². The third kappa shape index (κ3) is 49.2. The largest absolute Gasteiger partial charge is 0.461 e. The Hall–Kier alpha value is -3.44. The van der Waals surface area contributed by atoms with Gasteiger partial charge in [0.25, 0.3) is 0 Å². The number of allylic oxidation sites excluding steroid dienone is 17. The van der Waals surface area contributed by atoms with Crippen molar-refractivity contribution in [2.24, 2.45) is 0 Å². The van der Waals surface area contributed by atoms with Crippen LogP contribution < -0.4 is 0 Å². The molecule has 1 atom stereocenters. The molecule has 0 amide bonds. The highest BCUT2D eigenvalue weighted by molar-refractivity contribution is 5.71. The molecule has 0 rings (SSSR count). The van der Waals surface area contributed by atoms with E-state index in [1.54, 1.807) is 0 Å². The first-order valence-electron chi connectivity index (χ1n) is 25.4. The quantitative estimate of drug-likeness (QED) is 0.0347. The zero-order valence-electron chi connectivity index (χ0n) is 40.3. The van der Waals surface area contributed by atoms with Crippen LogP contribution in [0.25, 0.3) is 0 Å². The predicted molar refractivity (Wildman–Crippen MR) is 269 cm³/mol. The first kappa shape index (κ1) is 58.6. The van der Waals surface area contributed by atoms with E-state index in [2.05, 4.69) is 118 Å². The van der Waals surface area contributed by atoms with Gasteiger partial charge in [-0.15, -0.1) is 0 Å². The van der Waals surface area contributed by atoms with Crippen molar-refractivity contribution in [2.45, 2.75) is 219 Å². The molecule has 0 saturated heterocycles. The smallest absolute Gasteiger partial charge is 0.309 e. The van der Waals surface area contributed by atoms with Gasteiger partial charge in [-0.2, -0.15) is 0 Å². The minimum absolute atomic E-state index is 0.0170. The molecule has 0 bridgehead atoms. The maximum absolute atomic E-state index is 12.8. The first-order chi connectivity index (χ1) is 30.6. The molecule has 0 aliphatic heterocycles. The lowest BCUT2D eigenvalue weighted by Gasteiger charge is -2.18. The Morgan fingerprint density at radius 2 is 0.806 bits per heavy atom. The summed E-state index contributed by atoms with van der Waals surface area (Å²) in [5, 5.41) is 0. The van der Waals surface area contributed by atoms with E-state index in [1.807, 2.05) is 12.2 Å². The zero-order valence-corrected chi connectivity index (χ0v) is 40.3. The third-order valence-electron chi connectivity index (χ3n) is 10.3. The summed E-state index contributed by atoms with van der Waals surface area (Å²) in [6.45, 7) is 7.48. The van der Waals surface area contributed by atoms with Crippen molar-refractivity contribution in [1.29, 1.82) is 0 Å². The second-order valence-corrected chi connectivity index (χ2v) is 16.3. The summed E-state index contributed by atoms with van der Waals surface area (Å²) in [6, 6.07) is 0. The summed E-state index contributed by atoms with van der Waals surface area (Å²) in [5.41, 5.74) is 0. The van der Waals surface area contributed by atoms with Crippen LogP contribution in [0.2, 0.25) is 0 Å². The Balaban J connectivity index is 4.42. The van der Waals surface area contributed by atoms with Crippen molar-refractivity contribution in [3.05, 3.63) is 109 Å². The molecule has 0 spiro atoms. The van der Waals surface area contributed by atoms with E-state index >= 15 is 0 Å². The van der Waals surface area contributed by atoms with Crippen molar-refractivity contribution >= 4 is 11.9 Å². The molecule has 0 N–H and O–H groups in total. The Labute approximate surface area is 383 Å². The van der Waals surface area contributed by atoms with Crippen LogP contribution in [-0.2, 0) is 23.8 Å². The van der Waals surface area contributed by atoms with Gasteiger partial charge in [0.15, 0.2) is 6.10 Å². The van der Waals surface area contributed by atoms with Gasteiger partial charge >= 0.3 is 11.9 Å². The van der Waals surface area contributed by atoms with Crippen LogP contribution in [0.5, 0.6) is 0 Å². The van der Waals surface area contributed by atoms with Crippen LogP contribution in [0.3, 0.4) is 0 Å². The summed E-state index contributed by atoms with van der Waals surface area (Å²) in [4.78, 5) is 25.3. The van der Waals surface area contributed by atoms with E-state index in [0.29, 0.717) is 13.0 Å². The van der Waals surface area contributed by atoms with Gasteiger partial charge in [0.1, 0.15) is 6.61 Å². The number of carbonyl (C=O) groups excluding carboxylic acids is 2. The maximum atomic E-state index is 12.8. The number of esters is 2. The van der Waals surface area contributed by atoms with Gasteiger partial charge in [-0.25, -0.2) is 0 Å². The van der Waals surface area contributed by atoms with Gasteiger partial charge in [0.05, 0.1) is 13.0 Å². The fourth-order valence-electron chi connectivity index (χ4n) is 6.53. The third-order valence-corrected chi connectivity index (χ3v) is 10.3. The molecule has 62 heavy (non-hydrogen) atoms. The normalized spacial score (nSPS) is 13.1. The van der Waals surface area contributed by atoms with Crippen LogP contribution in [0.4, 0.5) is 0 Å². The second kappa shape index (κ2) is 51.9. The maximum Gasteiger partial charge on any atom is 0.309 e. The lowest BCUT2D eigenvalue weighted by atomic mass is 10.1. The zero-order chi connectivity index (χ0) is 44.9. The SMILES string of the molecule is CC/C=C\C/C=C\C/C=C\C/C=C\C/C=C\CC(=O)OCC(COCCCCCCCCCC/C=C\C/C=C\CCCCC)OC(=O)CCCCCCC/C=C\C/C=C\CCC. The summed E-state index contributed by atoms with van der Waals surface area (Å²) in [7, 11) is 0. The molecule has 0 radical (unpaired) electrons. The van der Waals surface area contributed by atoms with Crippen molar-refractivity contribution in [1.82, 2.24) is 0 Å². The Morgan fingerprint density at radius 1 is 0.387 bits per heavy atom. The average molecular weight is 859 g/mol. The Morgan fingerprint density at radius 3 is 1.31 bits per heavy atom. The lowest BCUT2D eigenvalue weighted by molar-refractivity contribution is -0.162. The van der Waals surface area contributed by atoms with Crippen molar-refractivity contribution in [2.75, 3.05) is 19.8 Å². The standard InChI is InChI=1S/C57H94O5/c1-4-7-10-13-16-19-22-25-27-28-29-31-34-37-40-43-46-49-52-60-53-55(62-57(59)51-48-45-42-39-36-32-24-21-18-15-12-9-6-3)54-61-56(58)50-47-44-41-38-35-33-30-26-23-20-17-14-11-8-5-2/h8,11-12,15-17,19-21,24-27,30,35,38,44,47,55H,4-7,9-10,13-14,18,22-23,28-29,31-34,36-37,39-43,45-46,48-54H2,1-3H3/b11-8-,15-12-,19-16-,20-17-,24-21-,27-25-,30-26-,38-35-,47-44-. The van der Waals surface area contributed by atoms with E-state index < -0.39 is 6.10 Å². The minimum atomic E-state index is -0.592. The van der Waals surface area contributed by atoms with Crippen molar-refractivity contribution < 1.29 is 23.8 Å². The van der Waals surface area contributed by atoms with E-state index in [0.717, 1.165) is 89.9 Å². The van der Waals surface area contributed by atoms with Crippen LogP contribution in [0.1, 0.15) is 213 Å². The van der Waals surface area contributed by atoms with Gasteiger partial charge < -0.3 is 14.2 Å². The highest BCUT2D eigenvalue weighted by Crippen LogP contribution is 2.12. The summed E-state index contributed by atoms with van der Waals surface area (Å²) in [6.07, 6.45) is 71.2. The van der Waals surface area contributed by atoms with Crippen molar-refractivity contribution in [3.8, 4) is 0 Å². The predicted octanol–water partition coefficient (Wildman–Crippen LogP) is 17.2. The van der Waals surface area contributed by atoms with E-state index in [4.69, 9.17) is 14.2 Å². The van der Waals surface area contributed by atoms with Gasteiger partial charge in [-0.3, -0.25) is 9.59 Å². The molecule has 0 aliphatic carbocycles. The van der Waals surface area contributed by atoms with Crippen molar-refractivity contribution in [3.63, 3.8) is 0 Å².